The molecular formula is C18H18N2O3S. The van der Waals surface area contributed by atoms with Gasteiger partial charge in [-0.15, -0.1) is 0 Å². The second-order valence-electron chi connectivity index (χ2n) is 5.30. The molecule has 0 aliphatic rings. The molecule has 124 valence electrons. The Hall–Kier alpha value is -2.31. The van der Waals surface area contributed by atoms with Gasteiger partial charge >= 0.3 is 0 Å². The maximum Gasteiger partial charge on any atom is 0.266 e. The minimum Gasteiger partial charge on any atom is -0.495 e. The number of nitrogens with zero attached hydrogens (tertiary/aromatic N) is 2. The molecule has 3 aromatic rings. The molecule has 0 fully saturated rings. The molecule has 5 nitrogen and oxygen atoms in total. The summed E-state index contributed by atoms with van der Waals surface area (Å²) in [5.41, 5.74) is 2.17. The Labute approximate surface area is 143 Å². The summed E-state index contributed by atoms with van der Waals surface area (Å²) < 4.78 is 7.00. The number of aryl methyl sites for hydroxylation is 1. The van der Waals surface area contributed by atoms with Crippen LogP contribution in [0.15, 0.2) is 52.4 Å². The molecule has 0 atom stereocenters. The van der Waals surface area contributed by atoms with Crippen LogP contribution in [0.5, 0.6) is 5.75 Å². The number of aliphatic hydroxyl groups is 1. The van der Waals surface area contributed by atoms with E-state index in [9.17, 15) is 4.79 Å². The standard InChI is InChI=1S/C18H18N2O3S/c1-12-7-8-16(23-2)15(11-12)20-17(22)13-5-3-4-6-14(13)19-18(20)24-10-9-21/h3-8,11,21H,9-10H2,1-2H3. The maximum absolute atomic E-state index is 13.1. The van der Waals surface area contributed by atoms with Crippen molar-refractivity contribution in [3.63, 3.8) is 0 Å². The van der Waals surface area contributed by atoms with Gasteiger partial charge in [0.05, 0.1) is 30.3 Å². The van der Waals surface area contributed by atoms with E-state index in [1.807, 2.05) is 43.3 Å². The third-order valence-electron chi connectivity index (χ3n) is 3.64. The summed E-state index contributed by atoms with van der Waals surface area (Å²) >= 11 is 1.34. The van der Waals surface area contributed by atoms with E-state index in [2.05, 4.69) is 4.98 Å². The van der Waals surface area contributed by atoms with E-state index in [1.165, 1.54) is 11.8 Å². The molecule has 0 spiro atoms. The number of aliphatic hydroxyl groups excluding tert-OH is 1. The van der Waals surface area contributed by atoms with Crippen LogP contribution in [-0.4, -0.2) is 34.1 Å². The van der Waals surface area contributed by atoms with Gasteiger partial charge in [0.2, 0.25) is 0 Å². The van der Waals surface area contributed by atoms with E-state index in [-0.39, 0.29) is 12.2 Å². The highest BCUT2D eigenvalue weighted by molar-refractivity contribution is 7.99. The molecule has 0 aliphatic carbocycles. The van der Waals surface area contributed by atoms with Crippen molar-refractivity contribution in [3.8, 4) is 11.4 Å². The highest BCUT2D eigenvalue weighted by Crippen LogP contribution is 2.28. The highest BCUT2D eigenvalue weighted by atomic mass is 32.2. The number of rotatable bonds is 5. The lowest BCUT2D eigenvalue weighted by Gasteiger charge is -2.16. The van der Waals surface area contributed by atoms with Gasteiger partial charge < -0.3 is 9.84 Å². The van der Waals surface area contributed by atoms with Crippen molar-refractivity contribution in [3.05, 3.63) is 58.4 Å². The fourth-order valence-corrected chi connectivity index (χ4v) is 3.28. The van der Waals surface area contributed by atoms with Crippen molar-refractivity contribution in [1.29, 1.82) is 0 Å². The molecule has 0 saturated carbocycles. The maximum atomic E-state index is 13.1. The Morgan fingerprint density at radius 1 is 1.25 bits per heavy atom. The van der Waals surface area contributed by atoms with E-state index in [1.54, 1.807) is 17.7 Å². The molecule has 0 aliphatic heterocycles. The SMILES string of the molecule is COc1ccc(C)cc1-n1c(SCCO)nc2ccccc2c1=O. The molecule has 24 heavy (non-hydrogen) atoms. The first kappa shape index (κ1) is 16.5. The zero-order chi connectivity index (χ0) is 17.1. The van der Waals surface area contributed by atoms with Crippen molar-refractivity contribution >= 4 is 22.7 Å². The smallest absolute Gasteiger partial charge is 0.266 e. The molecule has 0 unspecified atom stereocenters. The van der Waals surface area contributed by atoms with Gasteiger partial charge in [0.15, 0.2) is 5.16 Å². The van der Waals surface area contributed by atoms with Crippen LogP contribution in [0.25, 0.3) is 16.6 Å². The van der Waals surface area contributed by atoms with Crippen molar-refractivity contribution in [2.24, 2.45) is 0 Å². The van der Waals surface area contributed by atoms with Crippen molar-refractivity contribution in [2.45, 2.75) is 12.1 Å². The van der Waals surface area contributed by atoms with Crippen LogP contribution >= 0.6 is 11.8 Å². The van der Waals surface area contributed by atoms with Crippen molar-refractivity contribution in [2.75, 3.05) is 19.5 Å². The third kappa shape index (κ3) is 3.02. The number of methoxy groups -OCH3 is 1. The van der Waals surface area contributed by atoms with Gasteiger partial charge in [0.1, 0.15) is 5.75 Å². The summed E-state index contributed by atoms with van der Waals surface area (Å²) in [6, 6.07) is 12.9. The monoisotopic (exact) mass is 342 g/mol. The lowest BCUT2D eigenvalue weighted by atomic mass is 10.2. The molecule has 3 rings (SSSR count). The lowest BCUT2D eigenvalue weighted by molar-refractivity contribution is 0.322. The first-order valence-electron chi connectivity index (χ1n) is 7.56. The van der Waals surface area contributed by atoms with Crippen LogP contribution in [0.2, 0.25) is 0 Å². The molecule has 1 heterocycles. The zero-order valence-corrected chi connectivity index (χ0v) is 14.3. The van der Waals surface area contributed by atoms with Gasteiger partial charge in [-0.1, -0.05) is 30.0 Å². The van der Waals surface area contributed by atoms with E-state index < -0.39 is 0 Å². The van der Waals surface area contributed by atoms with E-state index in [0.717, 1.165) is 5.56 Å². The highest BCUT2D eigenvalue weighted by Gasteiger charge is 2.16. The number of para-hydroxylation sites is 1. The van der Waals surface area contributed by atoms with Crippen LogP contribution in [0, 0.1) is 6.92 Å². The summed E-state index contributed by atoms with van der Waals surface area (Å²) in [5, 5.41) is 10.2. The van der Waals surface area contributed by atoms with Crippen LogP contribution in [0.4, 0.5) is 0 Å². The molecule has 2 aromatic carbocycles. The summed E-state index contributed by atoms with van der Waals surface area (Å²) in [6.07, 6.45) is 0. The molecular weight excluding hydrogens is 324 g/mol. The van der Waals surface area contributed by atoms with Gasteiger partial charge in [0.25, 0.3) is 5.56 Å². The molecule has 0 saturated heterocycles. The van der Waals surface area contributed by atoms with Gasteiger partial charge in [-0.3, -0.25) is 9.36 Å². The van der Waals surface area contributed by atoms with Gasteiger partial charge in [-0.25, -0.2) is 4.98 Å². The number of fused-ring (bicyclic) bond motifs is 1. The molecule has 6 heteroatoms. The number of aromatic nitrogens is 2. The van der Waals surface area contributed by atoms with E-state index in [4.69, 9.17) is 9.84 Å². The van der Waals surface area contributed by atoms with Gasteiger partial charge in [0, 0.05) is 5.75 Å². The quantitative estimate of drug-likeness (QED) is 0.570. The number of ether oxygens (including phenoxy) is 1. The minimum atomic E-state index is -0.148. The second-order valence-corrected chi connectivity index (χ2v) is 6.36. The largest absolute Gasteiger partial charge is 0.495 e. The summed E-state index contributed by atoms with van der Waals surface area (Å²) in [4.78, 5) is 17.7. The number of benzene rings is 2. The van der Waals surface area contributed by atoms with Crippen LogP contribution in [-0.2, 0) is 0 Å². The number of hydrogen-bond donors (Lipinski definition) is 1. The molecule has 1 aromatic heterocycles. The van der Waals surface area contributed by atoms with E-state index >= 15 is 0 Å². The predicted molar refractivity (Wildman–Crippen MR) is 96.4 cm³/mol. The Morgan fingerprint density at radius 2 is 2.04 bits per heavy atom. The van der Waals surface area contributed by atoms with E-state index in [0.29, 0.717) is 33.2 Å². The second kappa shape index (κ2) is 7.07. The fourth-order valence-electron chi connectivity index (χ4n) is 2.53. The first-order chi connectivity index (χ1) is 11.7. The Balaban J connectivity index is 2.35. The minimum absolute atomic E-state index is 0.0122. The summed E-state index contributed by atoms with van der Waals surface area (Å²) in [6.45, 7) is 1.97. The third-order valence-corrected chi connectivity index (χ3v) is 4.56. The molecule has 1 N–H and O–H groups in total. The number of thioether (sulfide) groups is 1. The van der Waals surface area contributed by atoms with Crippen LogP contribution in [0.3, 0.4) is 0 Å². The average molecular weight is 342 g/mol. The molecule has 0 radical (unpaired) electrons. The van der Waals surface area contributed by atoms with Gasteiger partial charge in [-0.05, 0) is 36.8 Å². The van der Waals surface area contributed by atoms with Crippen LogP contribution < -0.4 is 10.3 Å². The predicted octanol–water partition coefficient (Wildman–Crippen LogP) is 2.79. The summed E-state index contributed by atoms with van der Waals surface area (Å²) in [7, 11) is 1.58. The molecule has 0 bridgehead atoms. The topological polar surface area (TPSA) is 64.3 Å². The molecule has 0 amide bonds. The summed E-state index contributed by atoms with van der Waals surface area (Å²) in [5.74, 6) is 1.06. The van der Waals surface area contributed by atoms with Crippen molar-refractivity contribution < 1.29 is 9.84 Å². The normalized spacial score (nSPS) is 11.0. The average Bonchev–Trinajstić information content (AvgIpc) is 2.60. The van der Waals surface area contributed by atoms with Gasteiger partial charge in [-0.2, -0.15) is 0 Å². The lowest BCUT2D eigenvalue weighted by Crippen LogP contribution is -2.22. The van der Waals surface area contributed by atoms with Crippen molar-refractivity contribution in [1.82, 2.24) is 9.55 Å². The zero-order valence-electron chi connectivity index (χ0n) is 13.5. The number of hydrogen-bond acceptors (Lipinski definition) is 5. The Bertz CT molecular complexity index is 937. The Morgan fingerprint density at radius 3 is 2.79 bits per heavy atom. The van der Waals surface area contributed by atoms with Crippen LogP contribution in [0.1, 0.15) is 5.56 Å². The fraction of sp³-hybridized carbons (Fsp3) is 0.222. The first-order valence-corrected chi connectivity index (χ1v) is 8.54. The Kier molecular flexibility index (Phi) is 4.87.